The molecule has 0 saturated carbocycles. The molecule has 0 spiro atoms. The Balaban J connectivity index is 1.66. The number of carbonyl (C=O) groups excluding carboxylic acids is 1. The summed E-state index contributed by atoms with van der Waals surface area (Å²) in [7, 11) is 0. The molecule has 6 nitrogen and oxygen atoms in total. The highest BCUT2D eigenvalue weighted by atomic mass is 19.4. The third kappa shape index (κ3) is 4.00. The SMILES string of the molecule is O=C(NCc1cn(-c2cccnc2)nn1)c1cccc(C(F)(F)F)c1. The first-order valence-corrected chi connectivity index (χ1v) is 7.20. The first kappa shape index (κ1) is 16.6. The monoisotopic (exact) mass is 347 g/mol. The summed E-state index contributed by atoms with van der Waals surface area (Å²) in [6.45, 7) is 0.0370. The van der Waals surface area contributed by atoms with Gasteiger partial charge in [-0.25, -0.2) is 4.68 Å². The summed E-state index contributed by atoms with van der Waals surface area (Å²) < 4.78 is 39.5. The zero-order chi connectivity index (χ0) is 17.9. The van der Waals surface area contributed by atoms with Crippen molar-refractivity contribution in [1.82, 2.24) is 25.3 Å². The molecule has 0 aliphatic carbocycles. The number of nitrogens with zero attached hydrogens (tertiary/aromatic N) is 4. The molecule has 25 heavy (non-hydrogen) atoms. The normalized spacial score (nSPS) is 11.3. The molecule has 0 atom stereocenters. The lowest BCUT2D eigenvalue weighted by Gasteiger charge is -2.08. The number of benzene rings is 1. The van der Waals surface area contributed by atoms with Gasteiger partial charge in [0.15, 0.2) is 0 Å². The molecule has 3 aromatic rings. The van der Waals surface area contributed by atoms with Crippen molar-refractivity contribution in [3.05, 3.63) is 71.8 Å². The van der Waals surface area contributed by atoms with Crippen molar-refractivity contribution in [3.63, 3.8) is 0 Å². The smallest absolute Gasteiger partial charge is 0.346 e. The van der Waals surface area contributed by atoms with Gasteiger partial charge < -0.3 is 5.32 Å². The molecule has 2 aromatic heterocycles. The number of aromatic nitrogens is 4. The molecular formula is C16H12F3N5O. The second-order valence-corrected chi connectivity index (χ2v) is 5.13. The highest BCUT2D eigenvalue weighted by Gasteiger charge is 2.30. The topological polar surface area (TPSA) is 72.7 Å². The molecule has 9 heteroatoms. The second kappa shape index (κ2) is 6.71. The molecule has 0 fully saturated rings. The van der Waals surface area contributed by atoms with Crippen LogP contribution in [-0.4, -0.2) is 25.9 Å². The average Bonchev–Trinajstić information content (AvgIpc) is 3.09. The van der Waals surface area contributed by atoms with Crippen LogP contribution in [0.1, 0.15) is 21.6 Å². The number of alkyl halides is 3. The highest BCUT2D eigenvalue weighted by Crippen LogP contribution is 2.29. The van der Waals surface area contributed by atoms with Crippen LogP contribution in [0.4, 0.5) is 13.2 Å². The molecular weight excluding hydrogens is 335 g/mol. The van der Waals surface area contributed by atoms with E-state index in [1.807, 2.05) is 0 Å². The van der Waals surface area contributed by atoms with Crippen molar-refractivity contribution in [1.29, 1.82) is 0 Å². The van der Waals surface area contributed by atoms with Crippen molar-refractivity contribution in [3.8, 4) is 5.69 Å². The number of pyridine rings is 1. The van der Waals surface area contributed by atoms with Crippen LogP contribution in [0.25, 0.3) is 5.69 Å². The van der Waals surface area contributed by atoms with E-state index in [1.165, 1.54) is 16.8 Å². The average molecular weight is 347 g/mol. The molecule has 0 unspecified atom stereocenters. The van der Waals surface area contributed by atoms with Crippen molar-refractivity contribution in [2.75, 3.05) is 0 Å². The summed E-state index contributed by atoms with van der Waals surface area (Å²) in [4.78, 5) is 16.0. The van der Waals surface area contributed by atoms with Gasteiger partial charge in [-0.15, -0.1) is 5.10 Å². The van der Waals surface area contributed by atoms with Crippen LogP contribution in [0.5, 0.6) is 0 Å². The fourth-order valence-corrected chi connectivity index (χ4v) is 2.10. The van der Waals surface area contributed by atoms with E-state index in [-0.39, 0.29) is 12.1 Å². The number of amides is 1. The van der Waals surface area contributed by atoms with E-state index in [2.05, 4.69) is 20.6 Å². The van der Waals surface area contributed by atoms with Gasteiger partial charge in [-0.2, -0.15) is 13.2 Å². The maximum absolute atomic E-state index is 12.7. The molecule has 3 rings (SSSR count). The first-order chi connectivity index (χ1) is 11.9. The van der Waals surface area contributed by atoms with E-state index in [0.717, 1.165) is 12.1 Å². The number of hydrogen-bond donors (Lipinski definition) is 1. The minimum Gasteiger partial charge on any atom is -0.346 e. The Kier molecular flexibility index (Phi) is 4.46. The van der Waals surface area contributed by atoms with Gasteiger partial charge in [0.1, 0.15) is 5.69 Å². The number of rotatable bonds is 4. The molecule has 0 saturated heterocycles. The minimum atomic E-state index is -4.50. The molecule has 128 valence electrons. The Hall–Kier alpha value is -3.23. The Morgan fingerprint density at radius 1 is 1.20 bits per heavy atom. The van der Waals surface area contributed by atoms with Gasteiger partial charge in [-0.3, -0.25) is 9.78 Å². The summed E-state index contributed by atoms with van der Waals surface area (Å²) in [6.07, 6.45) is 0.322. The quantitative estimate of drug-likeness (QED) is 0.787. The number of halogens is 3. The summed E-state index contributed by atoms with van der Waals surface area (Å²) >= 11 is 0. The highest BCUT2D eigenvalue weighted by molar-refractivity contribution is 5.94. The number of nitrogens with one attached hydrogen (secondary N) is 1. The van der Waals surface area contributed by atoms with E-state index in [1.54, 1.807) is 30.7 Å². The zero-order valence-corrected chi connectivity index (χ0v) is 12.7. The van der Waals surface area contributed by atoms with Crippen molar-refractivity contribution in [2.24, 2.45) is 0 Å². The number of carbonyl (C=O) groups is 1. The minimum absolute atomic E-state index is 0.0370. The van der Waals surface area contributed by atoms with Crippen LogP contribution in [0.2, 0.25) is 0 Å². The molecule has 0 bridgehead atoms. The Bertz CT molecular complexity index is 877. The van der Waals surface area contributed by atoms with Crippen molar-refractivity contribution < 1.29 is 18.0 Å². The molecule has 2 heterocycles. The van der Waals surface area contributed by atoms with Crippen LogP contribution in [0.15, 0.2) is 55.0 Å². The van der Waals surface area contributed by atoms with Gasteiger partial charge in [-0.1, -0.05) is 11.3 Å². The summed E-state index contributed by atoms with van der Waals surface area (Å²) in [6, 6.07) is 7.75. The van der Waals surface area contributed by atoms with Crippen LogP contribution in [0.3, 0.4) is 0 Å². The van der Waals surface area contributed by atoms with Crippen LogP contribution in [0, 0.1) is 0 Å². The van der Waals surface area contributed by atoms with E-state index in [9.17, 15) is 18.0 Å². The Morgan fingerprint density at radius 3 is 2.76 bits per heavy atom. The lowest BCUT2D eigenvalue weighted by molar-refractivity contribution is -0.137. The Morgan fingerprint density at radius 2 is 2.04 bits per heavy atom. The van der Waals surface area contributed by atoms with Crippen molar-refractivity contribution >= 4 is 5.91 Å². The summed E-state index contributed by atoms with van der Waals surface area (Å²) in [5.41, 5.74) is 0.215. The van der Waals surface area contributed by atoms with E-state index in [4.69, 9.17) is 0 Å². The van der Waals surface area contributed by atoms with Gasteiger partial charge >= 0.3 is 6.18 Å². The molecule has 0 radical (unpaired) electrons. The molecule has 1 N–H and O–H groups in total. The van der Waals surface area contributed by atoms with Gasteiger partial charge in [0.2, 0.25) is 0 Å². The third-order valence-electron chi connectivity index (χ3n) is 3.33. The maximum Gasteiger partial charge on any atom is 0.416 e. The predicted molar refractivity (Wildman–Crippen MR) is 81.8 cm³/mol. The molecule has 0 aliphatic rings. The standard InChI is InChI=1S/C16H12F3N5O/c17-16(18,19)12-4-1-3-11(7-12)15(25)21-8-13-10-24(23-22-13)14-5-2-6-20-9-14/h1-7,9-10H,8H2,(H,21,25). The van der Waals surface area contributed by atoms with Crippen LogP contribution >= 0.6 is 0 Å². The van der Waals surface area contributed by atoms with Gasteiger partial charge in [-0.05, 0) is 30.3 Å². The summed E-state index contributed by atoms with van der Waals surface area (Å²) in [5.74, 6) is -0.623. The third-order valence-corrected chi connectivity index (χ3v) is 3.33. The maximum atomic E-state index is 12.7. The largest absolute Gasteiger partial charge is 0.416 e. The fraction of sp³-hybridized carbons (Fsp3) is 0.125. The van der Waals surface area contributed by atoms with Crippen LogP contribution < -0.4 is 5.32 Å². The zero-order valence-electron chi connectivity index (χ0n) is 12.7. The van der Waals surface area contributed by atoms with E-state index in [0.29, 0.717) is 11.4 Å². The molecule has 0 aliphatic heterocycles. The van der Waals surface area contributed by atoms with E-state index >= 15 is 0 Å². The molecule has 1 aromatic carbocycles. The van der Waals surface area contributed by atoms with Gasteiger partial charge in [0.25, 0.3) is 5.91 Å². The van der Waals surface area contributed by atoms with Gasteiger partial charge in [0, 0.05) is 11.8 Å². The summed E-state index contributed by atoms with van der Waals surface area (Å²) in [5, 5.41) is 10.3. The second-order valence-electron chi connectivity index (χ2n) is 5.13. The predicted octanol–water partition coefficient (Wildman–Crippen LogP) is 2.61. The Labute approximate surface area is 140 Å². The first-order valence-electron chi connectivity index (χ1n) is 7.20. The van der Waals surface area contributed by atoms with Crippen molar-refractivity contribution in [2.45, 2.75) is 12.7 Å². The lowest BCUT2D eigenvalue weighted by Crippen LogP contribution is -2.23. The van der Waals surface area contributed by atoms with Crippen LogP contribution in [-0.2, 0) is 12.7 Å². The van der Waals surface area contributed by atoms with Gasteiger partial charge in [0.05, 0.1) is 30.2 Å². The number of hydrogen-bond acceptors (Lipinski definition) is 4. The fourth-order valence-electron chi connectivity index (χ4n) is 2.10. The molecule has 1 amide bonds. The lowest BCUT2D eigenvalue weighted by atomic mass is 10.1. The van der Waals surface area contributed by atoms with E-state index < -0.39 is 17.6 Å².